The number of halogens is 1. The normalized spacial score (nSPS) is 11.8. The number of nitrogens with zero attached hydrogens (tertiary/aromatic N) is 1. The lowest BCUT2D eigenvalue weighted by Crippen LogP contribution is -2.48. The van der Waals surface area contributed by atoms with Gasteiger partial charge in [-0.05, 0) is 50.5 Å². The summed E-state index contributed by atoms with van der Waals surface area (Å²) in [6.45, 7) is 8.69. The van der Waals surface area contributed by atoms with E-state index in [1.165, 1.54) is 40.6 Å². The van der Waals surface area contributed by atoms with Crippen LogP contribution in [0.3, 0.4) is 0 Å². The lowest BCUT2D eigenvalue weighted by Gasteiger charge is -2.28. The molecule has 0 saturated heterocycles. The largest absolute Gasteiger partial charge is 0.354 e. The summed E-state index contributed by atoms with van der Waals surface area (Å²) in [6, 6.07) is 11.8. The van der Waals surface area contributed by atoms with E-state index in [0.717, 1.165) is 17.7 Å². The van der Waals surface area contributed by atoms with Crippen LogP contribution in [0, 0.1) is 19.7 Å². The minimum absolute atomic E-state index is 0.104. The van der Waals surface area contributed by atoms with Crippen molar-refractivity contribution < 1.29 is 14.0 Å². The molecule has 0 bridgehead atoms. The Balaban J connectivity index is 2.06. The summed E-state index contributed by atoms with van der Waals surface area (Å²) in [5, 5.41) is 2.86. The lowest BCUT2D eigenvalue weighted by molar-refractivity contribution is -0.138. The molecular formula is C24H31FN2O2S. The molecule has 0 fully saturated rings. The maximum absolute atomic E-state index is 13.2. The smallest absolute Gasteiger partial charge is 0.242 e. The molecule has 6 heteroatoms. The summed E-state index contributed by atoms with van der Waals surface area (Å²) in [6.07, 6.45) is 0.829. The quantitative estimate of drug-likeness (QED) is 0.598. The number of hydrogen-bond donors (Lipinski definition) is 1. The van der Waals surface area contributed by atoms with Crippen molar-refractivity contribution in [3.05, 3.63) is 70.5 Å². The number of aryl methyl sites for hydroxylation is 2. The van der Waals surface area contributed by atoms with Crippen LogP contribution < -0.4 is 5.32 Å². The van der Waals surface area contributed by atoms with Crippen molar-refractivity contribution in [3.63, 3.8) is 0 Å². The molecule has 0 aliphatic carbocycles. The first-order chi connectivity index (χ1) is 14.3. The standard InChI is InChI=1S/C24H31FN2O2S/c1-5-10-26-24(29)19(4)27(14-20-6-8-22(25)9-7-20)23(28)16-30-15-21-12-17(2)11-18(3)13-21/h6-9,11-13,19H,5,10,14-16H2,1-4H3,(H,26,29)/t19-/m0/s1. The summed E-state index contributed by atoms with van der Waals surface area (Å²) in [4.78, 5) is 27.1. The van der Waals surface area contributed by atoms with Gasteiger partial charge in [0.2, 0.25) is 11.8 Å². The van der Waals surface area contributed by atoms with Crippen molar-refractivity contribution in [2.45, 2.75) is 52.5 Å². The molecule has 2 amide bonds. The van der Waals surface area contributed by atoms with Crippen molar-refractivity contribution in [1.29, 1.82) is 0 Å². The number of benzene rings is 2. The Kier molecular flexibility index (Phi) is 9.37. The summed E-state index contributed by atoms with van der Waals surface area (Å²) >= 11 is 1.54. The minimum atomic E-state index is -0.601. The van der Waals surface area contributed by atoms with Gasteiger partial charge in [-0.3, -0.25) is 9.59 Å². The van der Waals surface area contributed by atoms with Crippen LogP contribution in [0.25, 0.3) is 0 Å². The molecule has 0 heterocycles. The molecule has 0 saturated carbocycles. The van der Waals surface area contributed by atoms with Crippen LogP contribution in [-0.4, -0.2) is 35.1 Å². The van der Waals surface area contributed by atoms with E-state index in [2.05, 4.69) is 37.4 Å². The second-order valence-corrected chi connectivity index (χ2v) is 8.59. The van der Waals surface area contributed by atoms with Crippen molar-refractivity contribution in [2.24, 2.45) is 0 Å². The maximum atomic E-state index is 13.2. The van der Waals surface area contributed by atoms with Crippen LogP contribution in [-0.2, 0) is 21.9 Å². The second-order valence-electron chi connectivity index (χ2n) is 7.60. The number of rotatable bonds is 10. The SMILES string of the molecule is CCCNC(=O)[C@H](C)N(Cc1ccc(F)cc1)C(=O)CSCc1cc(C)cc(C)c1. The fourth-order valence-electron chi connectivity index (χ4n) is 3.26. The van der Waals surface area contributed by atoms with Gasteiger partial charge in [0.05, 0.1) is 5.75 Å². The van der Waals surface area contributed by atoms with Gasteiger partial charge in [0.1, 0.15) is 11.9 Å². The topological polar surface area (TPSA) is 49.4 Å². The lowest BCUT2D eigenvalue weighted by atomic mass is 10.1. The van der Waals surface area contributed by atoms with Gasteiger partial charge >= 0.3 is 0 Å². The van der Waals surface area contributed by atoms with Gasteiger partial charge in [-0.1, -0.05) is 48.4 Å². The number of thioether (sulfide) groups is 1. The van der Waals surface area contributed by atoms with E-state index in [4.69, 9.17) is 0 Å². The molecule has 0 spiro atoms. The zero-order valence-electron chi connectivity index (χ0n) is 18.2. The third-order valence-electron chi connectivity index (χ3n) is 4.76. The molecule has 1 N–H and O–H groups in total. The van der Waals surface area contributed by atoms with E-state index in [9.17, 15) is 14.0 Å². The van der Waals surface area contributed by atoms with Crippen LogP contribution in [0.5, 0.6) is 0 Å². The van der Waals surface area contributed by atoms with E-state index in [1.54, 1.807) is 24.0 Å². The van der Waals surface area contributed by atoms with Gasteiger partial charge < -0.3 is 10.2 Å². The Bertz CT molecular complexity index is 835. The predicted molar refractivity (Wildman–Crippen MR) is 122 cm³/mol. The average molecular weight is 431 g/mol. The second kappa shape index (κ2) is 11.7. The summed E-state index contributed by atoms with van der Waals surface area (Å²) in [7, 11) is 0. The highest BCUT2D eigenvalue weighted by Crippen LogP contribution is 2.18. The monoisotopic (exact) mass is 430 g/mol. The summed E-state index contributed by atoms with van der Waals surface area (Å²) in [5.74, 6) is 0.406. The Morgan fingerprint density at radius 1 is 1.07 bits per heavy atom. The number of amides is 2. The molecule has 4 nitrogen and oxygen atoms in total. The molecule has 0 aromatic heterocycles. The zero-order chi connectivity index (χ0) is 22.1. The molecule has 0 unspecified atom stereocenters. The number of carbonyl (C=O) groups is 2. The number of hydrogen-bond acceptors (Lipinski definition) is 3. The van der Waals surface area contributed by atoms with Gasteiger partial charge in [-0.2, -0.15) is 0 Å². The molecule has 162 valence electrons. The first-order valence-electron chi connectivity index (χ1n) is 10.3. The Morgan fingerprint density at radius 3 is 2.30 bits per heavy atom. The van der Waals surface area contributed by atoms with E-state index in [1.807, 2.05) is 6.92 Å². The van der Waals surface area contributed by atoms with Crippen molar-refractivity contribution >= 4 is 23.6 Å². The third-order valence-corrected chi connectivity index (χ3v) is 5.75. The van der Waals surface area contributed by atoms with E-state index >= 15 is 0 Å². The van der Waals surface area contributed by atoms with Gasteiger partial charge in [0, 0.05) is 18.8 Å². The van der Waals surface area contributed by atoms with Gasteiger partial charge in [0.25, 0.3) is 0 Å². The Labute approximate surface area is 183 Å². The molecular weight excluding hydrogens is 399 g/mol. The van der Waals surface area contributed by atoms with Gasteiger partial charge in [-0.15, -0.1) is 11.8 Å². The highest BCUT2D eigenvalue weighted by atomic mass is 32.2. The van der Waals surface area contributed by atoms with Crippen LogP contribution >= 0.6 is 11.8 Å². The van der Waals surface area contributed by atoms with E-state index in [0.29, 0.717) is 6.54 Å². The maximum Gasteiger partial charge on any atom is 0.242 e. The Morgan fingerprint density at radius 2 is 1.70 bits per heavy atom. The first-order valence-corrected chi connectivity index (χ1v) is 11.4. The van der Waals surface area contributed by atoms with E-state index in [-0.39, 0.29) is 29.9 Å². The number of carbonyl (C=O) groups excluding carboxylic acids is 2. The average Bonchev–Trinajstić information content (AvgIpc) is 2.70. The van der Waals surface area contributed by atoms with Crippen LogP contribution in [0.1, 0.15) is 42.5 Å². The first kappa shape index (κ1) is 23.9. The molecule has 30 heavy (non-hydrogen) atoms. The molecule has 0 aliphatic rings. The van der Waals surface area contributed by atoms with Crippen molar-refractivity contribution in [1.82, 2.24) is 10.2 Å². The fraction of sp³-hybridized carbons (Fsp3) is 0.417. The summed E-state index contributed by atoms with van der Waals surface area (Å²) < 4.78 is 13.2. The van der Waals surface area contributed by atoms with Gasteiger partial charge in [-0.25, -0.2) is 4.39 Å². The Hall–Kier alpha value is -2.34. The summed E-state index contributed by atoms with van der Waals surface area (Å²) in [5.41, 5.74) is 4.38. The van der Waals surface area contributed by atoms with Crippen molar-refractivity contribution in [3.8, 4) is 0 Å². The molecule has 2 aromatic carbocycles. The minimum Gasteiger partial charge on any atom is -0.354 e. The third kappa shape index (κ3) is 7.48. The molecule has 0 radical (unpaired) electrons. The van der Waals surface area contributed by atoms with Crippen LogP contribution in [0.2, 0.25) is 0 Å². The highest BCUT2D eigenvalue weighted by molar-refractivity contribution is 7.99. The molecule has 2 aromatic rings. The van der Waals surface area contributed by atoms with Crippen LogP contribution in [0.4, 0.5) is 4.39 Å². The number of nitrogens with one attached hydrogen (secondary N) is 1. The highest BCUT2D eigenvalue weighted by Gasteiger charge is 2.25. The van der Waals surface area contributed by atoms with E-state index < -0.39 is 6.04 Å². The molecule has 0 aliphatic heterocycles. The van der Waals surface area contributed by atoms with Crippen LogP contribution in [0.15, 0.2) is 42.5 Å². The van der Waals surface area contributed by atoms with Crippen molar-refractivity contribution in [2.75, 3.05) is 12.3 Å². The molecule has 1 atom stereocenters. The fourth-order valence-corrected chi connectivity index (χ4v) is 4.10. The predicted octanol–water partition coefficient (Wildman–Crippen LogP) is 4.62. The zero-order valence-corrected chi connectivity index (χ0v) is 19.0. The molecule has 2 rings (SSSR count). The van der Waals surface area contributed by atoms with Gasteiger partial charge in [0.15, 0.2) is 0 Å².